The molecule has 0 aliphatic rings. The minimum Gasteiger partial charge on any atom is -0.310 e. The molecular weight excluding hydrogens is 332 g/mol. The third-order valence-corrected chi connectivity index (χ3v) is 4.13. The minimum atomic E-state index is -0.325. The van der Waals surface area contributed by atoms with Crippen molar-refractivity contribution in [3.63, 3.8) is 0 Å². The van der Waals surface area contributed by atoms with Crippen LogP contribution in [0.15, 0.2) is 36.4 Å². The monoisotopic (exact) mass is 345 g/mol. The van der Waals surface area contributed by atoms with E-state index in [4.69, 9.17) is 34.8 Å². The molecule has 21 heavy (non-hydrogen) atoms. The van der Waals surface area contributed by atoms with Gasteiger partial charge in [0, 0.05) is 26.7 Å². The van der Waals surface area contributed by atoms with Crippen molar-refractivity contribution < 1.29 is 4.39 Å². The second-order valence-electron chi connectivity index (χ2n) is 4.69. The largest absolute Gasteiger partial charge is 0.310 e. The van der Waals surface area contributed by atoms with E-state index in [2.05, 4.69) is 5.32 Å². The molecule has 0 aliphatic heterocycles. The Morgan fingerprint density at radius 1 is 1.10 bits per heavy atom. The second-order valence-corrected chi connectivity index (χ2v) is 5.94. The van der Waals surface area contributed by atoms with Crippen LogP contribution in [-0.2, 0) is 6.42 Å². The van der Waals surface area contributed by atoms with Crippen LogP contribution in [0.25, 0.3) is 0 Å². The van der Waals surface area contributed by atoms with Gasteiger partial charge in [-0.3, -0.25) is 0 Å². The molecule has 0 saturated heterocycles. The molecule has 0 spiro atoms. The fourth-order valence-corrected chi connectivity index (χ4v) is 3.09. The van der Waals surface area contributed by atoms with Crippen LogP contribution in [0.5, 0.6) is 0 Å². The van der Waals surface area contributed by atoms with Crippen molar-refractivity contribution in [2.45, 2.75) is 19.4 Å². The maximum atomic E-state index is 14.0. The number of hydrogen-bond acceptors (Lipinski definition) is 1. The first kappa shape index (κ1) is 16.6. The number of halogens is 4. The third-order valence-electron chi connectivity index (χ3n) is 3.24. The number of rotatable bonds is 5. The van der Waals surface area contributed by atoms with Gasteiger partial charge in [-0.05, 0) is 42.8 Å². The summed E-state index contributed by atoms with van der Waals surface area (Å²) in [5, 5.41) is 4.83. The van der Waals surface area contributed by atoms with Crippen molar-refractivity contribution in [2.75, 3.05) is 6.54 Å². The van der Waals surface area contributed by atoms with Crippen LogP contribution in [0.2, 0.25) is 15.1 Å². The van der Waals surface area contributed by atoms with Crippen LogP contribution >= 0.6 is 34.8 Å². The summed E-state index contributed by atoms with van der Waals surface area (Å²) in [5.41, 5.74) is 1.36. The normalized spacial score (nSPS) is 12.4. The summed E-state index contributed by atoms with van der Waals surface area (Å²) in [6, 6.07) is 9.88. The average molecular weight is 347 g/mol. The Hall–Kier alpha value is -0.800. The summed E-state index contributed by atoms with van der Waals surface area (Å²) in [6.07, 6.45) is 0.445. The summed E-state index contributed by atoms with van der Waals surface area (Å²) in [6.45, 7) is 2.71. The van der Waals surface area contributed by atoms with E-state index in [-0.39, 0.29) is 11.9 Å². The third kappa shape index (κ3) is 4.10. The molecule has 0 aromatic heterocycles. The second kappa shape index (κ2) is 7.46. The molecule has 0 aliphatic carbocycles. The molecule has 2 aromatic rings. The maximum absolute atomic E-state index is 14.0. The first-order chi connectivity index (χ1) is 10.0. The molecule has 0 bridgehead atoms. The van der Waals surface area contributed by atoms with E-state index >= 15 is 0 Å². The highest BCUT2D eigenvalue weighted by molar-refractivity contribution is 6.36. The summed E-state index contributed by atoms with van der Waals surface area (Å²) in [7, 11) is 0. The molecule has 2 rings (SSSR count). The fourth-order valence-electron chi connectivity index (χ4n) is 2.27. The Balaban J connectivity index is 2.35. The van der Waals surface area contributed by atoms with Gasteiger partial charge < -0.3 is 5.32 Å². The average Bonchev–Trinajstić information content (AvgIpc) is 2.41. The van der Waals surface area contributed by atoms with E-state index in [1.165, 1.54) is 6.07 Å². The van der Waals surface area contributed by atoms with Gasteiger partial charge in [0.1, 0.15) is 5.82 Å². The number of hydrogen-bond donors (Lipinski definition) is 1. The fraction of sp³-hybridized carbons (Fsp3) is 0.250. The summed E-state index contributed by atoms with van der Waals surface area (Å²) in [5.74, 6) is -0.325. The number of benzene rings is 2. The number of nitrogens with one attached hydrogen (secondary N) is 1. The molecule has 0 heterocycles. The Labute approximate surface area is 139 Å². The van der Waals surface area contributed by atoms with Gasteiger partial charge in [-0.15, -0.1) is 0 Å². The minimum absolute atomic E-state index is 0.160. The molecule has 112 valence electrons. The molecule has 5 heteroatoms. The topological polar surface area (TPSA) is 12.0 Å². The molecular formula is C16H15Cl3FN. The van der Waals surface area contributed by atoms with Crippen molar-refractivity contribution >= 4 is 34.8 Å². The van der Waals surface area contributed by atoms with Gasteiger partial charge in [0.05, 0.1) is 0 Å². The van der Waals surface area contributed by atoms with Crippen LogP contribution in [0.1, 0.15) is 24.1 Å². The van der Waals surface area contributed by atoms with E-state index < -0.39 is 0 Å². The van der Waals surface area contributed by atoms with Crippen molar-refractivity contribution in [2.24, 2.45) is 0 Å². The van der Waals surface area contributed by atoms with Gasteiger partial charge in [-0.25, -0.2) is 4.39 Å². The highest BCUT2D eigenvalue weighted by Gasteiger charge is 2.19. The highest BCUT2D eigenvalue weighted by Crippen LogP contribution is 2.32. The Bertz CT molecular complexity index is 611. The molecule has 1 unspecified atom stereocenters. The zero-order chi connectivity index (χ0) is 15.4. The lowest BCUT2D eigenvalue weighted by Crippen LogP contribution is -2.24. The Morgan fingerprint density at radius 2 is 1.76 bits per heavy atom. The van der Waals surface area contributed by atoms with E-state index in [0.717, 1.165) is 12.1 Å². The van der Waals surface area contributed by atoms with Crippen LogP contribution in [0.3, 0.4) is 0 Å². The van der Waals surface area contributed by atoms with E-state index in [0.29, 0.717) is 27.1 Å². The first-order valence-electron chi connectivity index (χ1n) is 6.64. The van der Waals surface area contributed by atoms with Crippen molar-refractivity contribution in [1.82, 2.24) is 5.32 Å². The first-order valence-corrected chi connectivity index (χ1v) is 7.77. The van der Waals surface area contributed by atoms with Gasteiger partial charge in [-0.1, -0.05) is 53.9 Å². The van der Waals surface area contributed by atoms with Crippen LogP contribution in [0, 0.1) is 5.82 Å². The summed E-state index contributed by atoms with van der Waals surface area (Å²) < 4.78 is 14.0. The predicted molar refractivity (Wildman–Crippen MR) is 88.0 cm³/mol. The lowest BCUT2D eigenvalue weighted by Gasteiger charge is -2.21. The molecule has 0 fully saturated rings. The Kier molecular flexibility index (Phi) is 5.88. The van der Waals surface area contributed by atoms with Crippen molar-refractivity contribution in [3.05, 3.63) is 68.4 Å². The van der Waals surface area contributed by atoms with Gasteiger partial charge in [-0.2, -0.15) is 0 Å². The standard InChI is InChI=1S/C16H15Cl3FN/c1-2-21-15(16-12(18)4-3-5-13(16)19)8-10-6-7-11(17)9-14(10)20/h3-7,9,15,21H,2,8H2,1H3. The maximum Gasteiger partial charge on any atom is 0.127 e. The lowest BCUT2D eigenvalue weighted by atomic mass is 9.98. The zero-order valence-corrected chi connectivity index (χ0v) is 13.7. The van der Waals surface area contributed by atoms with Crippen LogP contribution in [-0.4, -0.2) is 6.54 Å². The van der Waals surface area contributed by atoms with Gasteiger partial charge in [0.25, 0.3) is 0 Å². The van der Waals surface area contributed by atoms with E-state index in [9.17, 15) is 4.39 Å². The van der Waals surface area contributed by atoms with Crippen LogP contribution in [0.4, 0.5) is 4.39 Å². The number of likely N-dealkylation sites (N-methyl/N-ethyl adjacent to an activating group) is 1. The molecule has 0 radical (unpaired) electrons. The summed E-state index contributed by atoms with van der Waals surface area (Å²) >= 11 is 18.3. The lowest BCUT2D eigenvalue weighted by molar-refractivity contribution is 0.528. The SMILES string of the molecule is CCNC(Cc1ccc(Cl)cc1F)c1c(Cl)cccc1Cl. The van der Waals surface area contributed by atoms with Gasteiger partial charge >= 0.3 is 0 Å². The van der Waals surface area contributed by atoms with Crippen molar-refractivity contribution in [3.8, 4) is 0 Å². The van der Waals surface area contributed by atoms with Crippen molar-refractivity contribution in [1.29, 1.82) is 0 Å². The predicted octanol–water partition coefficient (Wildman–Crippen LogP) is 5.68. The molecule has 1 atom stereocenters. The molecule has 0 amide bonds. The smallest absolute Gasteiger partial charge is 0.127 e. The van der Waals surface area contributed by atoms with E-state index in [1.54, 1.807) is 30.3 Å². The van der Waals surface area contributed by atoms with Crippen LogP contribution < -0.4 is 5.32 Å². The van der Waals surface area contributed by atoms with Gasteiger partial charge in [0.2, 0.25) is 0 Å². The quantitative estimate of drug-likeness (QED) is 0.734. The molecule has 0 saturated carbocycles. The molecule has 1 N–H and O–H groups in total. The summed E-state index contributed by atoms with van der Waals surface area (Å²) in [4.78, 5) is 0. The Morgan fingerprint density at radius 3 is 2.33 bits per heavy atom. The van der Waals surface area contributed by atoms with E-state index in [1.807, 2.05) is 6.92 Å². The zero-order valence-electron chi connectivity index (χ0n) is 11.5. The van der Waals surface area contributed by atoms with Gasteiger partial charge in [0.15, 0.2) is 0 Å². The molecule has 1 nitrogen and oxygen atoms in total. The highest BCUT2D eigenvalue weighted by atomic mass is 35.5. The molecule has 2 aromatic carbocycles.